The minimum Gasteiger partial charge on any atom is -0.302 e. The van der Waals surface area contributed by atoms with E-state index in [0.29, 0.717) is 0 Å². The van der Waals surface area contributed by atoms with Gasteiger partial charge in [-0.1, -0.05) is 30.3 Å². The Morgan fingerprint density at radius 2 is 1.86 bits per heavy atom. The van der Waals surface area contributed by atoms with Crippen LogP contribution in [0.15, 0.2) is 60.8 Å². The van der Waals surface area contributed by atoms with Crippen LogP contribution in [0.4, 0.5) is 0 Å². The van der Waals surface area contributed by atoms with E-state index in [1.54, 1.807) is 6.20 Å². The Morgan fingerprint density at radius 1 is 1.07 bits per heavy atom. The molecule has 3 heterocycles. The number of rotatable bonds is 6. The summed E-state index contributed by atoms with van der Waals surface area (Å²) in [6.07, 6.45) is 5.35. The molecule has 2 aromatic heterocycles. The summed E-state index contributed by atoms with van der Waals surface area (Å²) >= 11 is 0. The molecule has 0 saturated carbocycles. The number of hydrogen-bond donors (Lipinski definition) is 0. The Hall–Kier alpha value is -2.85. The SMILES string of the molecule is Cc1cccc(C(C=O)c2ccnc(-c3ccc(CN4CCCC4)cc3)c2)n1. The van der Waals surface area contributed by atoms with E-state index < -0.39 is 0 Å². The lowest BCUT2D eigenvalue weighted by Crippen LogP contribution is -2.18. The van der Waals surface area contributed by atoms with Crippen molar-refractivity contribution in [3.8, 4) is 11.3 Å². The van der Waals surface area contributed by atoms with Gasteiger partial charge in [-0.25, -0.2) is 0 Å². The van der Waals surface area contributed by atoms with Gasteiger partial charge in [0.15, 0.2) is 0 Å². The number of aryl methyl sites for hydroxylation is 1. The lowest BCUT2D eigenvalue weighted by atomic mass is 9.95. The van der Waals surface area contributed by atoms with E-state index in [-0.39, 0.29) is 5.92 Å². The van der Waals surface area contributed by atoms with Gasteiger partial charge in [-0.2, -0.15) is 0 Å². The zero-order chi connectivity index (χ0) is 19.3. The molecule has 142 valence electrons. The van der Waals surface area contributed by atoms with Gasteiger partial charge in [0.25, 0.3) is 0 Å². The summed E-state index contributed by atoms with van der Waals surface area (Å²) < 4.78 is 0. The van der Waals surface area contributed by atoms with Gasteiger partial charge in [0, 0.05) is 24.0 Å². The smallest absolute Gasteiger partial charge is 0.133 e. The molecule has 0 radical (unpaired) electrons. The molecule has 0 N–H and O–H groups in total. The van der Waals surface area contributed by atoms with Crippen LogP contribution in [-0.4, -0.2) is 34.2 Å². The Morgan fingerprint density at radius 3 is 2.57 bits per heavy atom. The van der Waals surface area contributed by atoms with Crippen molar-refractivity contribution in [1.82, 2.24) is 14.9 Å². The Labute approximate surface area is 166 Å². The summed E-state index contributed by atoms with van der Waals surface area (Å²) in [5.74, 6) is -0.379. The molecule has 4 nitrogen and oxygen atoms in total. The Kier molecular flexibility index (Phi) is 5.58. The van der Waals surface area contributed by atoms with Crippen LogP contribution >= 0.6 is 0 Å². The van der Waals surface area contributed by atoms with Crippen LogP contribution in [0.25, 0.3) is 11.3 Å². The molecule has 28 heavy (non-hydrogen) atoms. The van der Waals surface area contributed by atoms with E-state index in [0.717, 1.165) is 41.0 Å². The molecule has 1 saturated heterocycles. The number of benzene rings is 1. The standard InChI is InChI=1S/C24H25N3O/c1-18-5-4-6-23(26-18)22(17-28)21-11-12-25-24(15-21)20-9-7-19(8-10-20)16-27-13-2-3-14-27/h4-12,15,17,22H,2-3,13-14,16H2,1H3. The summed E-state index contributed by atoms with van der Waals surface area (Å²) in [7, 11) is 0. The summed E-state index contributed by atoms with van der Waals surface area (Å²) in [5.41, 5.74) is 5.87. The van der Waals surface area contributed by atoms with Gasteiger partial charge >= 0.3 is 0 Å². The minimum absolute atomic E-state index is 0.379. The van der Waals surface area contributed by atoms with Crippen molar-refractivity contribution in [2.24, 2.45) is 0 Å². The molecule has 4 rings (SSSR count). The number of aromatic nitrogens is 2. The van der Waals surface area contributed by atoms with E-state index in [4.69, 9.17) is 0 Å². The first-order valence-electron chi connectivity index (χ1n) is 9.89. The highest BCUT2D eigenvalue weighted by atomic mass is 16.1. The van der Waals surface area contributed by atoms with E-state index in [2.05, 4.69) is 39.1 Å². The number of nitrogens with zero attached hydrogens (tertiary/aromatic N) is 3. The van der Waals surface area contributed by atoms with Crippen molar-refractivity contribution in [1.29, 1.82) is 0 Å². The van der Waals surface area contributed by atoms with Gasteiger partial charge in [0.05, 0.1) is 17.3 Å². The van der Waals surface area contributed by atoms with Crippen molar-refractivity contribution >= 4 is 6.29 Å². The molecule has 0 amide bonds. The maximum Gasteiger partial charge on any atom is 0.133 e. The van der Waals surface area contributed by atoms with E-state index in [1.165, 1.54) is 31.5 Å². The maximum atomic E-state index is 11.8. The number of hydrogen-bond acceptors (Lipinski definition) is 4. The Balaban J connectivity index is 1.56. The highest BCUT2D eigenvalue weighted by Crippen LogP contribution is 2.26. The summed E-state index contributed by atoms with van der Waals surface area (Å²) in [6, 6.07) is 18.3. The minimum atomic E-state index is -0.379. The van der Waals surface area contributed by atoms with E-state index >= 15 is 0 Å². The van der Waals surface area contributed by atoms with Gasteiger partial charge < -0.3 is 4.79 Å². The van der Waals surface area contributed by atoms with Gasteiger partial charge in [-0.15, -0.1) is 0 Å². The van der Waals surface area contributed by atoms with E-state index in [1.807, 2.05) is 37.3 Å². The molecular formula is C24H25N3O. The third kappa shape index (κ3) is 4.18. The number of aldehydes is 1. The molecule has 1 aliphatic heterocycles. The first-order chi connectivity index (χ1) is 13.7. The molecule has 0 spiro atoms. The molecule has 3 aromatic rings. The average Bonchev–Trinajstić information content (AvgIpc) is 3.23. The van der Waals surface area contributed by atoms with Gasteiger partial charge in [0.1, 0.15) is 6.29 Å². The van der Waals surface area contributed by atoms with Crippen LogP contribution in [0.2, 0.25) is 0 Å². The third-order valence-corrected chi connectivity index (χ3v) is 5.36. The van der Waals surface area contributed by atoms with Crippen LogP contribution in [0.5, 0.6) is 0 Å². The molecule has 0 aliphatic carbocycles. The first kappa shape index (κ1) is 18.5. The van der Waals surface area contributed by atoms with Crippen LogP contribution in [0, 0.1) is 6.92 Å². The zero-order valence-electron chi connectivity index (χ0n) is 16.2. The largest absolute Gasteiger partial charge is 0.302 e. The Bertz CT molecular complexity index is 946. The normalized spacial score (nSPS) is 15.5. The number of carbonyl (C=O) groups is 1. The lowest BCUT2D eigenvalue weighted by molar-refractivity contribution is -0.108. The van der Waals surface area contributed by atoms with Crippen molar-refractivity contribution in [2.45, 2.75) is 32.2 Å². The topological polar surface area (TPSA) is 46.1 Å². The monoisotopic (exact) mass is 371 g/mol. The van der Waals surface area contributed by atoms with Crippen molar-refractivity contribution in [3.63, 3.8) is 0 Å². The molecule has 1 atom stereocenters. The number of likely N-dealkylation sites (tertiary alicyclic amines) is 1. The average molecular weight is 371 g/mol. The fraction of sp³-hybridized carbons (Fsp3) is 0.292. The molecule has 4 heteroatoms. The van der Waals surface area contributed by atoms with Crippen LogP contribution in [0.1, 0.15) is 41.3 Å². The van der Waals surface area contributed by atoms with Crippen LogP contribution < -0.4 is 0 Å². The lowest BCUT2D eigenvalue weighted by Gasteiger charge is -2.15. The molecule has 1 unspecified atom stereocenters. The first-order valence-corrected chi connectivity index (χ1v) is 9.89. The number of carbonyl (C=O) groups excluding carboxylic acids is 1. The second-order valence-electron chi connectivity index (χ2n) is 7.47. The maximum absolute atomic E-state index is 11.8. The zero-order valence-corrected chi connectivity index (χ0v) is 16.2. The predicted molar refractivity (Wildman–Crippen MR) is 111 cm³/mol. The fourth-order valence-electron chi connectivity index (χ4n) is 3.83. The summed E-state index contributed by atoms with van der Waals surface area (Å²) in [6.45, 7) is 5.35. The molecule has 0 bridgehead atoms. The van der Waals surface area contributed by atoms with Gasteiger partial charge in [-0.05, 0) is 68.2 Å². The number of pyridine rings is 2. The molecule has 1 aliphatic rings. The second-order valence-corrected chi connectivity index (χ2v) is 7.47. The summed E-state index contributed by atoms with van der Waals surface area (Å²) in [5, 5.41) is 0. The second kappa shape index (κ2) is 8.44. The highest BCUT2D eigenvalue weighted by Gasteiger charge is 2.16. The molecule has 1 fully saturated rings. The van der Waals surface area contributed by atoms with Crippen LogP contribution in [0.3, 0.4) is 0 Å². The predicted octanol–water partition coefficient (Wildman–Crippen LogP) is 4.38. The van der Waals surface area contributed by atoms with Crippen molar-refractivity contribution in [3.05, 3.63) is 83.3 Å². The van der Waals surface area contributed by atoms with Gasteiger partial charge in [-0.3, -0.25) is 14.9 Å². The highest BCUT2D eigenvalue weighted by molar-refractivity contribution is 5.69. The van der Waals surface area contributed by atoms with Crippen LogP contribution in [-0.2, 0) is 11.3 Å². The third-order valence-electron chi connectivity index (χ3n) is 5.36. The molecule has 1 aromatic carbocycles. The van der Waals surface area contributed by atoms with Crippen molar-refractivity contribution in [2.75, 3.05) is 13.1 Å². The van der Waals surface area contributed by atoms with Crippen molar-refractivity contribution < 1.29 is 4.79 Å². The quantitative estimate of drug-likeness (QED) is 0.603. The van der Waals surface area contributed by atoms with Gasteiger partial charge in [0.2, 0.25) is 0 Å². The fourth-order valence-corrected chi connectivity index (χ4v) is 3.83. The summed E-state index contributed by atoms with van der Waals surface area (Å²) in [4.78, 5) is 23.4. The van der Waals surface area contributed by atoms with E-state index in [9.17, 15) is 4.79 Å². The molecular weight excluding hydrogens is 346 g/mol.